The second-order valence-electron chi connectivity index (χ2n) is 1.50. The molecule has 0 radical (unpaired) electrons. The van der Waals surface area contributed by atoms with Crippen LogP contribution in [0, 0.1) is 0 Å². The highest BCUT2D eigenvalue weighted by molar-refractivity contribution is 8.02. The molecule has 0 rings (SSSR count). The van der Waals surface area contributed by atoms with Crippen molar-refractivity contribution in [2.75, 3.05) is 6.26 Å². The molecule has 0 N–H and O–H groups in total. The molecule has 0 saturated carbocycles. The van der Waals surface area contributed by atoms with Gasteiger partial charge >= 0.3 is 0 Å². The first-order valence-corrected chi connectivity index (χ1v) is 4.13. The molecule has 0 fully saturated rings. The van der Waals surface area contributed by atoms with E-state index >= 15 is 0 Å². The average Bonchev–Trinajstić information content (AvgIpc) is 1.83. The van der Waals surface area contributed by atoms with Gasteiger partial charge in [-0.1, -0.05) is 13.2 Å². The van der Waals surface area contributed by atoms with Crippen LogP contribution in [0.1, 0.15) is 0 Å². The lowest BCUT2D eigenvalue weighted by Crippen LogP contribution is -1.62. The van der Waals surface area contributed by atoms with Crippen LogP contribution in [-0.4, -0.2) is 6.26 Å². The van der Waals surface area contributed by atoms with Crippen LogP contribution in [0.25, 0.3) is 0 Å². The molecule has 0 aromatic rings. The van der Waals surface area contributed by atoms with Gasteiger partial charge in [0.2, 0.25) is 0 Å². The molecule has 0 aliphatic heterocycles. The fourth-order valence-electron chi connectivity index (χ4n) is 0.257. The van der Waals surface area contributed by atoms with Gasteiger partial charge in [-0.3, -0.25) is 0 Å². The summed E-state index contributed by atoms with van der Waals surface area (Å²) in [5.41, 5.74) is 0. The molecule has 50 valence electrons. The van der Waals surface area contributed by atoms with E-state index in [1.54, 1.807) is 11.8 Å². The van der Waals surface area contributed by atoms with E-state index in [9.17, 15) is 0 Å². The summed E-state index contributed by atoms with van der Waals surface area (Å²) >= 11 is 5.59. The van der Waals surface area contributed by atoms with Crippen LogP contribution >= 0.6 is 24.4 Å². The minimum absolute atomic E-state index is 0.755. The average molecular weight is 158 g/mol. The molecule has 2 heteroatoms. The number of thioether (sulfide) groups is 1. The van der Waals surface area contributed by atoms with Gasteiger partial charge in [-0.15, -0.1) is 24.4 Å². The van der Waals surface area contributed by atoms with E-state index in [-0.39, 0.29) is 0 Å². The molecule has 9 heavy (non-hydrogen) atoms. The van der Waals surface area contributed by atoms with Gasteiger partial charge in [0, 0.05) is 0 Å². The molecule has 0 amide bonds. The van der Waals surface area contributed by atoms with E-state index in [2.05, 4.69) is 25.8 Å². The van der Waals surface area contributed by atoms with Gasteiger partial charge < -0.3 is 0 Å². The Morgan fingerprint density at radius 1 is 1.44 bits per heavy atom. The van der Waals surface area contributed by atoms with Gasteiger partial charge in [0.1, 0.15) is 0 Å². The normalized spacial score (nSPS) is 10.0. The van der Waals surface area contributed by atoms with Gasteiger partial charge in [0.15, 0.2) is 0 Å². The molecule has 0 spiro atoms. The van der Waals surface area contributed by atoms with Gasteiger partial charge in [-0.2, -0.15) is 0 Å². The number of hydrogen-bond donors (Lipinski definition) is 1. The summed E-state index contributed by atoms with van der Waals surface area (Å²) in [7, 11) is 0. The van der Waals surface area contributed by atoms with Crippen LogP contribution in [0.5, 0.6) is 0 Å². The third kappa shape index (κ3) is 5.80. The van der Waals surface area contributed by atoms with Crippen molar-refractivity contribution in [2.24, 2.45) is 0 Å². The van der Waals surface area contributed by atoms with Crippen LogP contribution in [-0.2, 0) is 0 Å². The van der Waals surface area contributed by atoms with E-state index in [1.807, 2.05) is 18.4 Å². The van der Waals surface area contributed by atoms with Crippen molar-refractivity contribution in [3.63, 3.8) is 0 Å². The van der Waals surface area contributed by atoms with Crippen LogP contribution < -0.4 is 0 Å². The fraction of sp³-hybridized carbons (Fsp3) is 0.143. The van der Waals surface area contributed by atoms with Gasteiger partial charge in [-0.25, -0.2) is 0 Å². The minimum atomic E-state index is 0.755. The summed E-state index contributed by atoms with van der Waals surface area (Å²) in [6.45, 7) is 7.33. The van der Waals surface area contributed by atoms with Crippen molar-refractivity contribution in [2.45, 2.75) is 0 Å². The highest BCUT2D eigenvalue weighted by Crippen LogP contribution is 2.10. The molecule has 0 aromatic heterocycles. The lowest BCUT2D eigenvalue weighted by Gasteiger charge is -1.89. The quantitative estimate of drug-likeness (QED) is 0.487. The summed E-state index contributed by atoms with van der Waals surface area (Å²) in [5.74, 6) is 0. The topological polar surface area (TPSA) is 0 Å². The lowest BCUT2D eigenvalue weighted by molar-refractivity contribution is 1.90. The highest BCUT2D eigenvalue weighted by atomic mass is 32.2. The molecule has 0 bridgehead atoms. The van der Waals surface area contributed by atoms with Crippen molar-refractivity contribution < 1.29 is 0 Å². The smallest absolute Gasteiger partial charge is 0.000246 e. The molecule has 0 aliphatic carbocycles. The largest absolute Gasteiger partial charge is 0.144 e. The first-order valence-electron chi connectivity index (χ1n) is 2.45. The zero-order valence-corrected chi connectivity index (χ0v) is 7.14. The van der Waals surface area contributed by atoms with Crippen LogP contribution in [0.15, 0.2) is 35.1 Å². The molecule has 0 aromatic carbocycles. The maximum atomic E-state index is 3.98. The predicted octanol–water partition coefficient (Wildman–Crippen LogP) is 2.86. The molecule has 0 unspecified atom stereocenters. The molecule has 0 heterocycles. The number of allylic oxidation sites excluding steroid dienone is 2. The van der Waals surface area contributed by atoms with Crippen molar-refractivity contribution in [1.29, 1.82) is 0 Å². The molecule has 0 saturated heterocycles. The van der Waals surface area contributed by atoms with Gasteiger partial charge in [0.05, 0.1) is 0 Å². The van der Waals surface area contributed by atoms with Gasteiger partial charge in [0.25, 0.3) is 0 Å². The Morgan fingerprint density at radius 3 is 2.33 bits per heavy atom. The first kappa shape index (κ1) is 8.92. The maximum Gasteiger partial charge on any atom is -0.000246 e. The zero-order chi connectivity index (χ0) is 7.28. The molecule has 0 atom stereocenters. The third-order valence-electron chi connectivity index (χ3n) is 0.724. The van der Waals surface area contributed by atoms with E-state index in [1.165, 1.54) is 0 Å². The van der Waals surface area contributed by atoms with Crippen molar-refractivity contribution in [3.05, 3.63) is 35.1 Å². The Balaban J connectivity index is 3.71. The monoisotopic (exact) mass is 158 g/mol. The summed E-state index contributed by atoms with van der Waals surface area (Å²) in [6, 6.07) is 0. The highest BCUT2D eigenvalue weighted by Gasteiger charge is 1.80. The number of hydrogen-bond acceptors (Lipinski definition) is 2. The second kappa shape index (κ2) is 4.77. The molecule has 0 aliphatic rings. The maximum absolute atomic E-state index is 3.98. The second-order valence-corrected chi connectivity index (χ2v) is 3.00. The summed E-state index contributed by atoms with van der Waals surface area (Å²) in [5, 5.41) is 0. The zero-order valence-electron chi connectivity index (χ0n) is 5.42. The SMILES string of the molecule is C=C(S)/C=C\C(=C)SC. The van der Waals surface area contributed by atoms with Crippen LogP contribution in [0.2, 0.25) is 0 Å². The predicted molar refractivity (Wildman–Crippen MR) is 49.9 cm³/mol. The first-order chi connectivity index (χ1) is 4.16. The minimum Gasteiger partial charge on any atom is -0.144 e. The molecular weight excluding hydrogens is 148 g/mol. The lowest BCUT2D eigenvalue weighted by atomic mass is 10.5. The van der Waals surface area contributed by atoms with E-state index in [4.69, 9.17) is 0 Å². The van der Waals surface area contributed by atoms with Crippen molar-refractivity contribution in [3.8, 4) is 0 Å². The summed E-state index contributed by atoms with van der Waals surface area (Å²) < 4.78 is 0. The Hall–Kier alpha value is -0.0800. The summed E-state index contributed by atoms with van der Waals surface area (Å²) in [4.78, 5) is 1.77. The Bertz CT molecular complexity index is 145. The fourth-order valence-corrected chi connectivity index (χ4v) is 0.536. The Labute approximate surface area is 66.1 Å². The molecule has 0 nitrogen and oxygen atoms in total. The standard InChI is InChI=1S/C7H10S2/c1-6(8)4-5-7(2)9-3/h4-5,8H,1-2H2,3H3/b5-4-. The van der Waals surface area contributed by atoms with E-state index < -0.39 is 0 Å². The Morgan fingerprint density at radius 2 is 2.00 bits per heavy atom. The number of thiol groups is 1. The van der Waals surface area contributed by atoms with Crippen LogP contribution in [0.4, 0.5) is 0 Å². The summed E-state index contributed by atoms with van der Waals surface area (Å²) in [6.07, 6.45) is 5.69. The van der Waals surface area contributed by atoms with E-state index in [0.29, 0.717) is 0 Å². The van der Waals surface area contributed by atoms with E-state index in [0.717, 1.165) is 9.81 Å². The van der Waals surface area contributed by atoms with Crippen LogP contribution in [0.3, 0.4) is 0 Å². The Kier molecular flexibility index (Phi) is 4.72. The van der Waals surface area contributed by atoms with Crippen molar-refractivity contribution >= 4 is 24.4 Å². The third-order valence-corrected chi connectivity index (χ3v) is 1.53. The van der Waals surface area contributed by atoms with Gasteiger partial charge in [-0.05, 0) is 28.2 Å². The molecular formula is C7H10S2. The number of rotatable bonds is 3. The van der Waals surface area contributed by atoms with Crippen molar-refractivity contribution in [1.82, 2.24) is 0 Å².